The van der Waals surface area contributed by atoms with Crippen molar-refractivity contribution in [2.45, 2.75) is 39.0 Å². The molecule has 0 radical (unpaired) electrons. The minimum atomic E-state index is -4.56. The second kappa shape index (κ2) is 6.46. The number of pyridine rings is 1. The van der Waals surface area contributed by atoms with Gasteiger partial charge in [-0.25, -0.2) is 4.39 Å². The van der Waals surface area contributed by atoms with Crippen LogP contribution in [-0.2, 0) is 6.54 Å². The summed E-state index contributed by atoms with van der Waals surface area (Å²) in [6.45, 7) is 4.41. The zero-order chi connectivity index (χ0) is 16.3. The monoisotopic (exact) mass is 310 g/mol. The van der Waals surface area contributed by atoms with Crippen LogP contribution in [-0.4, -0.2) is 30.4 Å². The van der Waals surface area contributed by atoms with Crippen LogP contribution in [0.2, 0.25) is 0 Å². The number of nitrogens with zero attached hydrogens (tertiary/aromatic N) is 1. The minimum absolute atomic E-state index is 0.0188. The molecular weight excluding hydrogens is 292 g/mol. The Labute approximate surface area is 120 Å². The fraction of sp³-hybridized carbons (Fsp3) is 0.615. The Bertz CT molecular complexity index is 484. The van der Waals surface area contributed by atoms with Gasteiger partial charge in [-0.1, -0.05) is 0 Å². The molecule has 0 amide bonds. The Morgan fingerprint density at radius 3 is 2.29 bits per heavy atom. The van der Waals surface area contributed by atoms with Crippen LogP contribution in [0.4, 0.5) is 17.6 Å². The largest absolute Gasteiger partial charge is 0.481 e. The van der Waals surface area contributed by atoms with Gasteiger partial charge in [0.05, 0.1) is 7.11 Å². The maximum Gasteiger partial charge on any atom is 0.422 e. The summed E-state index contributed by atoms with van der Waals surface area (Å²) in [6, 6.07) is 1.05. The van der Waals surface area contributed by atoms with Gasteiger partial charge in [-0.3, -0.25) is 0 Å². The maximum absolute atomic E-state index is 13.7. The average molecular weight is 310 g/mol. The molecule has 0 aromatic carbocycles. The van der Waals surface area contributed by atoms with Crippen LogP contribution in [0.25, 0.3) is 0 Å². The first-order valence-electron chi connectivity index (χ1n) is 6.20. The molecule has 0 aliphatic carbocycles. The van der Waals surface area contributed by atoms with Crippen molar-refractivity contribution in [3.05, 3.63) is 17.4 Å². The van der Waals surface area contributed by atoms with Crippen LogP contribution in [0, 0.1) is 5.82 Å². The number of ether oxygens (including phenoxy) is 2. The van der Waals surface area contributed by atoms with Gasteiger partial charge in [-0.2, -0.15) is 18.2 Å². The van der Waals surface area contributed by atoms with Crippen molar-refractivity contribution in [2.24, 2.45) is 0 Å². The van der Waals surface area contributed by atoms with E-state index in [1.165, 1.54) is 7.11 Å². The lowest BCUT2D eigenvalue weighted by Gasteiger charge is -2.21. The second-order valence-electron chi connectivity index (χ2n) is 5.45. The summed E-state index contributed by atoms with van der Waals surface area (Å²) in [6.07, 6.45) is -4.56. The second-order valence-corrected chi connectivity index (χ2v) is 5.45. The summed E-state index contributed by atoms with van der Waals surface area (Å²) in [7, 11) is 1.30. The molecule has 0 aliphatic heterocycles. The first-order valence-corrected chi connectivity index (χ1v) is 6.20. The molecule has 120 valence electrons. The number of alkyl halides is 3. The molecule has 0 aliphatic rings. The zero-order valence-electron chi connectivity index (χ0n) is 12.3. The summed E-state index contributed by atoms with van der Waals surface area (Å²) in [5.41, 5.74) is 0.178. The highest BCUT2D eigenvalue weighted by atomic mass is 19.4. The van der Waals surface area contributed by atoms with Gasteiger partial charge >= 0.3 is 6.18 Å². The van der Waals surface area contributed by atoms with E-state index in [0.29, 0.717) is 5.56 Å². The van der Waals surface area contributed by atoms with E-state index in [1.807, 2.05) is 20.8 Å². The third-order valence-corrected chi connectivity index (χ3v) is 2.36. The lowest BCUT2D eigenvalue weighted by atomic mass is 10.1. The van der Waals surface area contributed by atoms with E-state index in [0.717, 1.165) is 6.07 Å². The van der Waals surface area contributed by atoms with E-state index < -0.39 is 24.5 Å². The van der Waals surface area contributed by atoms with Crippen LogP contribution in [0.3, 0.4) is 0 Å². The number of halogens is 4. The van der Waals surface area contributed by atoms with Crippen molar-refractivity contribution in [1.82, 2.24) is 10.3 Å². The predicted molar refractivity (Wildman–Crippen MR) is 68.9 cm³/mol. The zero-order valence-corrected chi connectivity index (χ0v) is 12.3. The lowest BCUT2D eigenvalue weighted by Crippen LogP contribution is -2.35. The highest BCUT2D eigenvalue weighted by Crippen LogP contribution is 2.25. The van der Waals surface area contributed by atoms with E-state index in [2.05, 4.69) is 15.0 Å². The highest BCUT2D eigenvalue weighted by Gasteiger charge is 2.29. The third kappa shape index (κ3) is 6.16. The normalized spacial score (nSPS) is 12.4. The molecule has 0 atom stereocenters. The molecule has 21 heavy (non-hydrogen) atoms. The fourth-order valence-electron chi connectivity index (χ4n) is 1.41. The van der Waals surface area contributed by atoms with Crippen LogP contribution in [0.1, 0.15) is 26.3 Å². The van der Waals surface area contributed by atoms with Gasteiger partial charge in [0.1, 0.15) is 0 Å². The quantitative estimate of drug-likeness (QED) is 0.849. The molecule has 1 heterocycles. The molecule has 1 aromatic heterocycles. The number of nitrogens with one attached hydrogen (secondary N) is 1. The van der Waals surface area contributed by atoms with E-state index >= 15 is 0 Å². The molecule has 0 fully saturated rings. The highest BCUT2D eigenvalue weighted by molar-refractivity contribution is 5.32. The molecule has 0 spiro atoms. The number of rotatable bonds is 5. The smallest absolute Gasteiger partial charge is 0.422 e. The Balaban J connectivity index is 2.91. The van der Waals surface area contributed by atoms with Crippen LogP contribution >= 0.6 is 0 Å². The summed E-state index contributed by atoms with van der Waals surface area (Å²) >= 11 is 0. The van der Waals surface area contributed by atoms with E-state index in [1.54, 1.807) is 0 Å². The Hall–Kier alpha value is -1.57. The van der Waals surface area contributed by atoms with Gasteiger partial charge in [0, 0.05) is 17.6 Å². The minimum Gasteiger partial charge on any atom is -0.481 e. The van der Waals surface area contributed by atoms with E-state index in [4.69, 9.17) is 4.74 Å². The number of aromatic nitrogens is 1. The van der Waals surface area contributed by atoms with Crippen molar-refractivity contribution in [3.8, 4) is 11.8 Å². The van der Waals surface area contributed by atoms with Crippen LogP contribution < -0.4 is 14.8 Å². The van der Waals surface area contributed by atoms with Gasteiger partial charge in [0.25, 0.3) is 5.88 Å². The van der Waals surface area contributed by atoms with Crippen LogP contribution in [0.15, 0.2) is 6.07 Å². The van der Waals surface area contributed by atoms with Gasteiger partial charge < -0.3 is 14.8 Å². The molecule has 0 bridgehead atoms. The predicted octanol–water partition coefficient (Wildman–Crippen LogP) is 3.06. The summed E-state index contributed by atoms with van der Waals surface area (Å²) in [5, 5.41) is 3.11. The van der Waals surface area contributed by atoms with Crippen molar-refractivity contribution in [1.29, 1.82) is 0 Å². The number of methoxy groups -OCH3 is 1. The van der Waals surface area contributed by atoms with E-state index in [9.17, 15) is 17.6 Å². The average Bonchev–Trinajstić information content (AvgIpc) is 2.33. The third-order valence-electron chi connectivity index (χ3n) is 2.36. The molecular formula is C13H18F4N2O2. The van der Waals surface area contributed by atoms with Crippen molar-refractivity contribution in [2.75, 3.05) is 13.7 Å². The molecule has 1 rings (SSSR count). The van der Waals surface area contributed by atoms with Gasteiger partial charge in [-0.15, -0.1) is 0 Å². The fourth-order valence-corrected chi connectivity index (χ4v) is 1.41. The molecule has 4 nitrogen and oxygen atoms in total. The number of hydrogen-bond donors (Lipinski definition) is 1. The first-order chi connectivity index (χ1) is 9.52. The van der Waals surface area contributed by atoms with Crippen molar-refractivity contribution in [3.63, 3.8) is 0 Å². The first kappa shape index (κ1) is 17.5. The van der Waals surface area contributed by atoms with Gasteiger partial charge in [0.2, 0.25) is 5.88 Å². The Morgan fingerprint density at radius 1 is 1.19 bits per heavy atom. The maximum atomic E-state index is 13.7. The standard InChI is InChI=1S/C13H18F4N2O2/c1-12(2,3)18-6-8-5-9(14)11(19-10(8)20-4)21-7-13(15,16)17/h5,18H,6-7H2,1-4H3. The molecule has 0 unspecified atom stereocenters. The molecule has 1 aromatic rings. The van der Waals surface area contributed by atoms with Crippen molar-refractivity contribution < 1.29 is 27.0 Å². The van der Waals surface area contributed by atoms with E-state index in [-0.39, 0.29) is 18.0 Å². The molecule has 0 saturated carbocycles. The van der Waals surface area contributed by atoms with Crippen molar-refractivity contribution >= 4 is 0 Å². The number of hydrogen-bond acceptors (Lipinski definition) is 4. The molecule has 1 N–H and O–H groups in total. The summed E-state index contributed by atoms with van der Waals surface area (Å²) in [5.74, 6) is -1.68. The van der Waals surface area contributed by atoms with Gasteiger partial charge in [-0.05, 0) is 26.8 Å². The van der Waals surface area contributed by atoms with Crippen LogP contribution in [0.5, 0.6) is 11.8 Å². The molecule has 0 saturated heterocycles. The Morgan fingerprint density at radius 2 is 1.81 bits per heavy atom. The summed E-state index contributed by atoms with van der Waals surface area (Å²) in [4.78, 5) is 3.64. The molecule has 8 heteroatoms. The topological polar surface area (TPSA) is 43.4 Å². The lowest BCUT2D eigenvalue weighted by molar-refractivity contribution is -0.154. The SMILES string of the molecule is COc1nc(OCC(F)(F)F)c(F)cc1CNC(C)(C)C. The Kier molecular flexibility index (Phi) is 5.38. The van der Waals surface area contributed by atoms with Gasteiger partial charge in [0.15, 0.2) is 12.4 Å². The summed E-state index contributed by atoms with van der Waals surface area (Å²) < 4.78 is 59.2.